The van der Waals surface area contributed by atoms with Crippen LogP contribution in [-0.4, -0.2) is 60.7 Å². The maximum Gasteiger partial charge on any atom is 0.262 e. The van der Waals surface area contributed by atoms with Crippen LogP contribution >= 0.6 is 0 Å². The molecule has 2 fully saturated rings. The van der Waals surface area contributed by atoms with Crippen LogP contribution in [0.1, 0.15) is 40.0 Å². The first-order chi connectivity index (χ1) is 14.4. The Morgan fingerprint density at radius 2 is 1.80 bits per heavy atom. The van der Waals surface area contributed by atoms with E-state index in [1.165, 1.54) is 0 Å². The predicted octanol–water partition coefficient (Wildman–Crippen LogP) is 0.686. The minimum Gasteiger partial charge on any atom is -0.369 e. The van der Waals surface area contributed by atoms with E-state index in [0.717, 1.165) is 17.0 Å². The van der Waals surface area contributed by atoms with Crippen molar-refractivity contribution in [1.82, 2.24) is 15.5 Å². The van der Waals surface area contributed by atoms with E-state index in [2.05, 4.69) is 27.7 Å². The molecule has 1 aromatic carbocycles. The van der Waals surface area contributed by atoms with Crippen molar-refractivity contribution in [2.45, 2.75) is 37.4 Å². The number of imide groups is 2. The number of nitrogens with zero attached hydrogens (tertiary/aromatic N) is 2. The van der Waals surface area contributed by atoms with E-state index >= 15 is 0 Å². The molecule has 8 heteroatoms. The van der Waals surface area contributed by atoms with Gasteiger partial charge in [-0.2, -0.15) is 0 Å². The molecular formula is C22H24N4O4. The highest BCUT2D eigenvalue weighted by atomic mass is 16.2. The van der Waals surface area contributed by atoms with Crippen molar-refractivity contribution in [3.8, 4) is 0 Å². The zero-order valence-electron chi connectivity index (χ0n) is 16.9. The molecule has 1 saturated heterocycles. The first-order valence-corrected chi connectivity index (χ1v) is 10.3. The van der Waals surface area contributed by atoms with E-state index in [1.807, 2.05) is 20.2 Å². The Bertz CT molecular complexity index is 1000. The first-order valence-electron chi connectivity index (χ1n) is 10.3. The zero-order chi connectivity index (χ0) is 21.2. The number of nitrogens with one attached hydrogen (secondary N) is 2. The summed E-state index contributed by atoms with van der Waals surface area (Å²) < 4.78 is 0. The molecule has 2 heterocycles. The normalized spacial score (nSPS) is 32.1. The number of fused-ring (bicyclic) bond motifs is 3. The molecule has 8 nitrogen and oxygen atoms in total. The molecule has 156 valence electrons. The lowest BCUT2D eigenvalue weighted by molar-refractivity contribution is -0.136. The molecule has 1 aromatic rings. The second-order valence-electron chi connectivity index (χ2n) is 8.54. The molecular weight excluding hydrogens is 384 g/mol. The Morgan fingerprint density at radius 3 is 2.53 bits per heavy atom. The highest BCUT2D eigenvalue weighted by Crippen LogP contribution is 2.43. The molecule has 2 aliphatic heterocycles. The van der Waals surface area contributed by atoms with Gasteiger partial charge in [0.15, 0.2) is 0 Å². The van der Waals surface area contributed by atoms with Crippen molar-refractivity contribution in [1.29, 1.82) is 0 Å². The molecule has 5 rings (SSSR count). The molecule has 0 radical (unpaired) electrons. The molecule has 0 spiro atoms. The van der Waals surface area contributed by atoms with Crippen molar-refractivity contribution in [2.75, 3.05) is 19.0 Å². The standard InChI is InChI=1S/C22H24N4O4/c1-23-18-11-3-4-12(9-11)19(18)25(2)13-5-6-14-15(10-13)22(30)26(21(14)29)16-7-8-17(27)24-20(16)28/h3-6,10-12,16,18-19,23H,7-9H2,1-2H3,(H,24,27,28)/t11?,12?,16?,18?,19-/m1/s1. The van der Waals surface area contributed by atoms with Crippen LogP contribution in [-0.2, 0) is 9.59 Å². The minimum atomic E-state index is -0.944. The van der Waals surface area contributed by atoms with Crippen LogP contribution in [0.4, 0.5) is 5.69 Å². The van der Waals surface area contributed by atoms with Crippen molar-refractivity contribution >= 4 is 29.3 Å². The molecule has 4 amide bonds. The number of hydrogen-bond acceptors (Lipinski definition) is 6. The number of anilines is 1. The van der Waals surface area contributed by atoms with Crippen molar-refractivity contribution in [3.63, 3.8) is 0 Å². The largest absolute Gasteiger partial charge is 0.369 e. The van der Waals surface area contributed by atoms with Gasteiger partial charge in [-0.25, -0.2) is 0 Å². The van der Waals surface area contributed by atoms with Gasteiger partial charge in [0.25, 0.3) is 11.8 Å². The van der Waals surface area contributed by atoms with Crippen LogP contribution in [0.15, 0.2) is 30.4 Å². The van der Waals surface area contributed by atoms with Gasteiger partial charge >= 0.3 is 0 Å². The summed E-state index contributed by atoms with van der Waals surface area (Å²) in [5.74, 6) is -0.969. The van der Waals surface area contributed by atoms with Crippen LogP contribution in [0, 0.1) is 11.8 Å². The fourth-order valence-corrected chi connectivity index (χ4v) is 5.56. The fraction of sp³-hybridized carbons (Fsp3) is 0.455. The molecule has 2 aliphatic carbocycles. The summed E-state index contributed by atoms with van der Waals surface area (Å²) in [4.78, 5) is 52.8. The minimum absolute atomic E-state index is 0.112. The lowest BCUT2D eigenvalue weighted by atomic mass is 9.94. The van der Waals surface area contributed by atoms with Crippen LogP contribution < -0.4 is 15.5 Å². The van der Waals surface area contributed by atoms with E-state index < -0.39 is 23.8 Å². The molecule has 30 heavy (non-hydrogen) atoms. The Morgan fingerprint density at radius 1 is 1.07 bits per heavy atom. The highest BCUT2D eigenvalue weighted by molar-refractivity contribution is 6.23. The lowest BCUT2D eigenvalue weighted by Crippen LogP contribution is -2.54. The van der Waals surface area contributed by atoms with Crippen molar-refractivity contribution in [2.24, 2.45) is 11.8 Å². The fourth-order valence-electron chi connectivity index (χ4n) is 5.56. The summed E-state index contributed by atoms with van der Waals surface area (Å²) in [7, 11) is 3.99. The number of piperidine rings is 1. The van der Waals surface area contributed by atoms with Crippen molar-refractivity contribution in [3.05, 3.63) is 41.5 Å². The Labute approximate surface area is 174 Å². The maximum atomic E-state index is 13.1. The first kappa shape index (κ1) is 19.0. The van der Waals surface area contributed by atoms with Gasteiger partial charge in [0, 0.05) is 25.2 Å². The summed E-state index contributed by atoms with van der Waals surface area (Å²) >= 11 is 0. The van der Waals surface area contributed by atoms with Gasteiger partial charge in [-0.1, -0.05) is 12.2 Å². The number of rotatable bonds is 4. The molecule has 2 bridgehead atoms. The summed E-state index contributed by atoms with van der Waals surface area (Å²) in [5.41, 5.74) is 1.49. The smallest absolute Gasteiger partial charge is 0.262 e. The van der Waals surface area contributed by atoms with Crippen LogP contribution in [0.25, 0.3) is 0 Å². The van der Waals surface area contributed by atoms with E-state index in [0.29, 0.717) is 29.0 Å². The summed E-state index contributed by atoms with van der Waals surface area (Å²) in [5, 5.41) is 5.65. The second kappa shape index (κ2) is 6.77. The monoisotopic (exact) mass is 408 g/mol. The van der Waals surface area contributed by atoms with Gasteiger partial charge in [0.2, 0.25) is 11.8 Å². The Kier molecular flexibility index (Phi) is 4.28. The van der Waals surface area contributed by atoms with E-state index in [9.17, 15) is 19.2 Å². The number of benzene rings is 1. The number of likely N-dealkylation sites (N-methyl/N-ethyl adjacent to an activating group) is 2. The zero-order valence-corrected chi connectivity index (χ0v) is 16.9. The highest BCUT2D eigenvalue weighted by Gasteiger charge is 2.47. The molecule has 4 aliphatic rings. The number of carbonyl (C=O) groups excluding carboxylic acids is 4. The van der Waals surface area contributed by atoms with Gasteiger partial charge in [-0.05, 0) is 49.9 Å². The Balaban J connectivity index is 1.43. The Hall–Kier alpha value is -3.00. The van der Waals surface area contributed by atoms with Gasteiger partial charge in [-0.15, -0.1) is 0 Å². The summed E-state index contributed by atoms with van der Waals surface area (Å²) in [6.07, 6.45) is 5.93. The molecule has 1 saturated carbocycles. The number of amides is 4. The average molecular weight is 408 g/mol. The third kappa shape index (κ3) is 2.63. The van der Waals surface area contributed by atoms with Gasteiger partial charge in [0.1, 0.15) is 6.04 Å². The summed E-state index contributed by atoms with van der Waals surface area (Å²) in [6.45, 7) is 0. The second-order valence-corrected chi connectivity index (χ2v) is 8.54. The molecule has 4 unspecified atom stereocenters. The SMILES string of the molecule is CNC1C2C=CC(C2)[C@H]1N(C)c1ccc2c(c1)C(=O)N(C1CCC(=O)NC1=O)C2=O. The third-order valence-corrected chi connectivity index (χ3v) is 7.03. The van der Waals surface area contributed by atoms with Crippen LogP contribution in [0.3, 0.4) is 0 Å². The topological polar surface area (TPSA) is 98.8 Å². The quantitative estimate of drug-likeness (QED) is 0.562. The number of carbonyl (C=O) groups is 4. The third-order valence-electron chi connectivity index (χ3n) is 7.03. The molecule has 0 aromatic heterocycles. The summed E-state index contributed by atoms with van der Waals surface area (Å²) in [6, 6.07) is 4.94. The van der Waals surface area contributed by atoms with Gasteiger partial charge in [0.05, 0.1) is 17.2 Å². The molecule has 2 N–H and O–H groups in total. The maximum absolute atomic E-state index is 13.1. The molecule has 5 atom stereocenters. The van der Waals surface area contributed by atoms with E-state index in [1.54, 1.807) is 12.1 Å². The van der Waals surface area contributed by atoms with E-state index in [4.69, 9.17) is 0 Å². The van der Waals surface area contributed by atoms with Crippen molar-refractivity contribution < 1.29 is 19.2 Å². The van der Waals surface area contributed by atoms with Crippen LogP contribution in [0.5, 0.6) is 0 Å². The predicted molar refractivity (Wildman–Crippen MR) is 109 cm³/mol. The lowest BCUT2D eigenvalue weighted by Gasteiger charge is -2.37. The van der Waals surface area contributed by atoms with Gasteiger partial charge < -0.3 is 10.2 Å². The van der Waals surface area contributed by atoms with E-state index in [-0.39, 0.29) is 24.8 Å². The van der Waals surface area contributed by atoms with Gasteiger partial charge in [-0.3, -0.25) is 29.4 Å². The number of hydrogen-bond donors (Lipinski definition) is 2. The average Bonchev–Trinajstić information content (AvgIpc) is 3.41. The van der Waals surface area contributed by atoms with Crippen LogP contribution in [0.2, 0.25) is 0 Å².